The average molecular weight is 1210 g/mol. The number of aryl methyl sites for hydroxylation is 4. The van der Waals surface area contributed by atoms with E-state index in [2.05, 4.69) is 51.5 Å². The molecule has 6 N–H and O–H groups in total. The van der Waals surface area contributed by atoms with Crippen molar-refractivity contribution in [1.29, 1.82) is 0 Å². The van der Waals surface area contributed by atoms with Crippen LogP contribution >= 0.6 is 0 Å². The van der Waals surface area contributed by atoms with Gasteiger partial charge in [-0.25, -0.2) is 4.79 Å². The molecule has 0 unspecified atom stereocenters. The highest BCUT2D eigenvalue weighted by atomic mass is 32.2. The lowest BCUT2D eigenvalue weighted by Crippen LogP contribution is -2.21. The van der Waals surface area contributed by atoms with Crippen LogP contribution in [0, 0.1) is 27.7 Å². The largest absolute Gasteiger partial charge is 0.494 e. The van der Waals surface area contributed by atoms with Crippen LogP contribution < -0.4 is 29.6 Å². The number of urea groups is 1. The Kier molecular flexibility index (Phi) is 21.2. The molecule has 0 radical (unpaired) electrons. The van der Waals surface area contributed by atoms with Crippen LogP contribution in [-0.4, -0.2) is 95.8 Å². The number of hydrogen-bond acceptors (Lipinski definition) is 21. The number of azo groups is 4. The summed E-state index contributed by atoms with van der Waals surface area (Å²) < 4.78 is 155. The van der Waals surface area contributed by atoms with Gasteiger partial charge in [-0.05, 0) is 149 Å². The minimum atomic E-state index is -4.68. The summed E-state index contributed by atoms with van der Waals surface area (Å²) in [6.07, 6.45) is -0.277. The molecule has 6 rings (SSSR count). The van der Waals surface area contributed by atoms with Crippen LogP contribution in [0.2, 0.25) is 0 Å². The third-order valence-corrected chi connectivity index (χ3v) is 14.6. The lowest BCUT2D eigenvalue weighted by molar-refractivity contribution is 0.261. The summed E-state index contributed by atoms with van der Waals surface area (Å²) in [6, 6.07) is 22.5. The van der Waals surface area contributed by atoms with E-state index in [0.717, 1.165) is 12.1 Å². The number of hydrogen-bond donors (Lipinski definition) is 6. The van der Waals surface area contributed by atoms with E-state index in [1.165, 1.54) is 48.5 Å². The van der Waals surface area contributed by atoms with E-state index in [1.807, 2.05) is 0 Å². The Morgan fingerprint density at radius 3 is 1.11 bits per heavy atom. The van der Waals surface area contributed by atoms with Crippen molar-refractivity contribution in [1.82, 2.24) is 0 Å². The Hall–Kier alpha value is -8.17. The molecule has 0 aromatic heterocycles. The number of amides is 2. The van der Waals surface area contributed by atoms with Crippen LogP contribution in [0.3, 0.4) is 0 Å². The predicted octanol–water partition coefficient (Wildman–Crippen LogP) is 12.8. The summed E-state index contributed by atoms with van der Waals surface area (Å²) in [5, 5.41) is 39.2. The maximum atomic E-state index is 13.8. The molecule has 436 valence electrons. The van der Waals surface area contributed by atoms with Gasteiger partial charge < -0.3 is 29.6 Å². The zero-order valence-corrected chi connectivity index (χ0v) is 48.0. The topological polar surface area (TPSA) is 394 Å². The number of ether oxygens (including phenoxy) is 4. The van der Waals surface area contributed by atoms with Gasteiger partial charge in [0.2, 0.25) is 0 Å². The molecule has 0 saturated heterocycles. The fraction of sp³-hybridized carbons (Fsp3) is 0.275. The molecule has 0 atom stereocenters. The molecule has 2 amide bonds. The molecule has 0 saturated carbocycles. The molecule has 6 aromatic rings. The highest BCUT2D eigenvalue weighted by Crippen LogP contribution is 2.39. The molecule has 6 aromatic carbocycles. The highest BCUT2D eigenvalue weighted by molar-refractivity contribution is 7.86. The van der Waals surface area contributed by atoms with E-state index >= 15 is 0 Å². The quantitative estimate of drug-likeness (QED) is 0.0167. The Bertz CT molecular complexity index is 3700. The standard InChI is InChI=1S/C51H56N10O17S4/c1-7-75-37-13-17-41(49(27-37)81(69,70)71)58-56-39-15-11-35(23-31(39)3)54-60-43-29-47(77-19-9-21-79(63,64)65)45(25-33(43)5)52-51(62)53-46-26-34(6)44(30-48(46)78-20-10-22-80(66,67)68)61-55-36-12-16-40(32(4)24-36)57-59-42-18-14-38(76-8-2)28-50(42)82(72,73)74/h11-18,23-30H,7-10,19-22H2,1-6H3,(H2,52,53,62)(H,63,64,65)(H,66,67,68)(H,69,70,71)(H,72,73,74). The molecule has 0 aliphatic rings. The molecule has 0 spiro atoms. The van der Waals surface area contributed by atoms with Gasteiger partial charge in [0.1, 0.15) is 44.2 Å². The molecule has 0 fully saturated rings. The van der Waals surface area contributed by atoms with Crippen LogP contribution in [0.4, 0.5) is 61.7 Å². The van der Waals surface area contributed by atoms with E-state index in [0.29, 0.717) is 45.0 Å². The summed E-state index contributed by atoms with van der Waals surface area (Å²) in [5.74, 6) is -0.777. The molecule has 82 heavy (non-hydrogen) atoms. The molecular weight excluding hydrogens is 1150 g/mol. The van der Waals surface area contributed by atoms with E-state index in [-0.39, 0.29) is 96.4 Å². The Labute approximate surface area is 472 Å². The smallest absolute Gasteiger partial charge is 0.323 e. The normalized spacial score (nSPS) is 12.4. The van der Waals surface area contributed by atoms with Gasteiger partial charge in [-0.2, -0.15) is 64.4 Å². The van der Waals surface area contributed by atoms with Gasteiger partial charge >= 0.3 is 6.03 Å². The van der Waals surface area contributed by atoms with Gasteiger partial charge in [0.05, 0.1) is 83.4 Å². The second-order valence-electron chi connectivity index (χ2n) is 17.6. The third kappa shape index (κ3) is 19.0. The Morgan fingerprint density at radius 1 is 0.427 bits per heavy atom. The second kappa shape index (κ2) is 27.5. The number of nitrogens with zero attached hydrogens (tertiary/aromatic N) is 8. The first-order valence-corrected chi connectivity index (χ1v) is 30.6. The van der Waals surface area contributed by atoms with E-state index < -0.39 is 67.8 Å². The summed E-state index contributed by atoms with van der Waals surface area (Å²) in [7, 11) is -18.0. The van der Waals surface area contributed by atoms with E-state index in [9.17, 15) is 56.7 Å². The van der Waals surface area contributed by atoms with Gasteiger partial charge in [0.25, 0.3) is 40.5 Å². The van der Waals surface area contributed by atoms with Crippen molar-refractivity contribution >= 4 is 103 Å². The van der Waals surface area contributed by atoms with Gasteiger partial charge in [-0.3, -0.25) is 18.2 Å². The number of nitrogens with one attached hydrogen (secondary N) is 2. The maximum Gasteiger partial charge on any atom is 0.323 e. The zero-order valence-electron chi connectivity index (χ0n) is 44.7. The molecule has 0 aliphatic heterocycles. The predicted molar refractivity (Wildman–Crippen MR) is 302 cm³/mol. The first-order valence-electron chi connectivity index (χ1n) is 24.5. The van der Waals surface area contributed by atoms with Crippen LogP contribution in [0.25, 0.3) is 0 Å². The summed E-state index contributed by atoms with van der Waals surface area (Å²) in [5.41, 5.74) is 3.96. The van der Waals surface area contributed by atoms with E-state index in [1.54, 1.807) is 77.9 Å². The van der Waals surface area contributed by atoms with Crippen LogP contribution in [0.15, 0.2) is 148 Å². The fourth-order valence-corrected chi connectivity index (χ4v) is 9.52. The Morgan fingerprint density at radius 2 is 0.768 bits per heavy atom. The second-order valence-corrected chi connectivity index (χ2v) is 23.6. The van der Waals surface area contributed by atoms with Crippen LogP contribution in [0.5, 0.6) is 23.0 Å². The molecule has 27 nitrogen and oxygen atoms in total. The lowest BCUT2D eigenvalue weighted by Gasteiger charge is -2.17. The van der Waals surface area contributed by atoms with Crippen molar-refractivity contribution in [2.75, 3.05) is 48.6 Å². The van der Waals surface area contributed by atoms with Crippen LogP contribution in [-0.2, 0) is 40.5 Å². The first-order chi connectivity index (χ1) is 38.6. The highest BCUT2D eigenvalue weighted by Gasteiger charge is 2.21. The number of benzene rings is 6. The van der Waals surface area contributed by atoms with Crippen molar-refractivity contribution in [3.63, 3.8) is 0 Å². The SMILES string of the molecule is CCOc1ccc(N=Nc2ccc(N=Nc3cc(OCCCS(=O)(=O)O)c(NC(=O)Nc4cc(C)c(N=Nc5ccc(N=Nc6ccc(OCC)cc6S(=O)(=O)O)c(C)c5)cc4OCCCS(=O)(=O)O)cc3C)cc2C)c(S(=O)(=O)O)c1. The van der Waals surface area contributed by atoms with Crippen molar-refractivity contribution in [3.8, 4) is 23.0 Å². The van der Waals surface area contributed by atoms with Gasteiger partial charge in [-0.15, -0.1) is 10.2 Å². The number of carbonyl (C=O) groups excluding carboxylic acids is 1. The molecule has 0 aliphatic carbocycles. The zero-order chi connectivity index (χ0) is 60.0. The van der Waals surface area contributed by atoms with Crippen molar-refractivity contribution in [3.05, 3.63) is 119 Å². The molecule has 31 heteroatoms. The average Bonchev–Trinajstić information content (AvgIpc) is 3.60. The fourth-order valence-electron chi connectivity index (χ4n) is 7.27. The van der Waals surface area contributed by atoms with Crippen molar-refractivity contribution in [2.45, 2.75) is 64.2 Å². The van der Waals surface area contributed by atoms with Crippen molar-refractivity contribution in [2.24, 2.45) is 40.9 Å². The van der Waals surface area contributed by atoms with Gasteiger partial charge in [-0.1, -0.05) is 0 Å². The molecular formula is C51H56N10O17S4. The number of rotatable bonds is 26. The van der Waals surface area contributed by atoms with E-state index in [4.69, 9.17) is 18.9 Å². The minimum absolute atomic E-state index is 0.0226. The lowest BCUT2D eigenvalue weighted by atomic mass is 10.1. The van der Waals surface area contributed by atoms with Gasteiger partial charge in [0.15, 0.2) is 0 Å². The summed E-state index contributed by atoms with van der Waals surface area (Å²) >= 11 is 0. The summed E-state index contributed by atoms with van der Waals surface area (Å²) in [4.78, 5) is 12.8. The maximum absolute atomic E-state index is 13.8. The van der Waals surface area contributed by atoms with Crippen LogP contribution in [0.1, 0.15) is 48.9 Å². The summed E-state index contributed by atoms with van der Waals surface area (Å²) in [6.45, 7) is 10.2. The molecule has 0 bridgehead atoms. The van der Waals surface area contributed by atoms with Crippen molar-refractivity contribution < 1.29 is 75.6 Å². The number of carbonyl (C=O) groups is 1. The molecule has 0 heterocycles. The number of anilines is 2. The Balaban J connectivity index is 1.23. The van der Waals surface area contributed by atoms with Gasteiger partial charge in [0, 0.05) is 24.3 Å². The first kappa shape index (κ1) is 63.0. The minimum Gasteiger partial charge on any atom is -0.494 e. The monoisotopic (exact) mass is 1210 g/mol. The third-order valence-electron chi connectivity index (χ3n) is 11.2.